The summed E-state index contributed by atoms with van der Waals surface area (Å²) in [5.41, 5.74) is 8.62. The molecule has 2 rings (SSSR count). The highest BCUT2D eigenvalue weighted by Crippen LogP contribution is 2.35. The van der Waals surface area contributed by atoms with Gasteiger partial charge in [-0.3, -0.25) is 0 Å². The number of benzene rings is 1. The van der Waals surface area contributed by atoms with E-state index in [2.05, 4.69) is 48.7 Å². The van der Waals surface area contributed by atoms with Gasteiger partial charge in [-0.1, -0.05) is 30.3 Å². The van der Waals surface area contributed by atoms with E-state index < -0.39 is 0 Å². The topological polar surface area (TPSA) is 26.0 Å². The molecule has 0 radical (unpaired) electrons. The molecule has 2 N–H and O–H groups in total. The summed E-state index contributed by atoms with van der Waals surface area (Å²) in [5.74, 6) is 1.03. The van der Waals surface area contributed by atoms with Crippen molar-refractivity contribution < 1.29 is 0 Å². The number of aryl methyl sites for hydroxylation is 1. The van der Waals surface area contributed by atoms with Gasteiger partial charge in [0.25, 0.3) is 0 Å². The van der Waals surface area contributed by atoms with Crippen LogP contribution in [0.2, 0.25) is 0 Å². The van der Waals surface area contributed by atoms with Crippen LogP contribution < -0.4 is 5.73 Å². The lowest BCUT2D eigenvalue weighted by Gasteiger charge is -2.14. The Balaban J connectivity index is 2.00. The van der Waals surface area contributed by atoms with E-state index in [4.69, 9.17) is 5.73 Å². The van der Waals surface area contributed by atoms with Crippen LogP contribution in [0.3, 0.4) is 0 Å². The zero-order valence-electron chi connectivity index (χ0n) is 9.93. The molecule has 0 aliphatic heterocycles. The van der Waals surface area contributed by atoms with Gasteiger partial charge >= 0.3 is 0 Å². The quantitative estimate of drug-likeness (QED) is 0.882. The monoisotopic (exact) mass is 263 g/mol. The molecule has 0 amide bonds. The third-order valence-corrected chi connectivity index (χ3v) is 5.31. The highest BCUT2D eigenvalue weighted by Gasteiger charge is 2.13. The van der Waals surface area contributed by atoms with Gasteiger partial charge in [0, 0.05) is 17.2 Å². The van der Waals surface area contributed by atoms with Gasteiger partial charge in [-0.05, 0) is 29.5 Å². The molecule has 0 spiro atoms. The molecule has 2 aromatic rings. The van der Waals surface area contributed by atoms with Crippen LogP contribution in [0.5, 0.6) is 0 Å². The third kappa shape index (κ3) is 3.35. The molecule has 1 heterocycles. The summed E-state index contributed by atoms with van der Waals surface area (Å²) in [7, 11) is 0. The summed E-state index contributed by atoms with van der Waals surface area (Å²) in [6.45, 7) is 2.87. The largest absolute Gasteiger partial charge is 0.329 e. The maximum Gasteiger partial charge on any atom is 0.0519 e. The maximum atomic E-state index is 5.88. The molecule has 0 aliphatic rings. The zero-order chi connectivity index (χ0) is 12.1. The average Bonchev–Trinajstić information content (AvgIpc) is 2.78. The lowest BCUT2D eigenvalue weighted by atomic mass is 10.2. The van der Waals surface area contributed by atoms with E-state index in [1.807, 2.05) is 23.1 Å². The molecular formula is C14H17NS2. The Morgan fingerprint density at radius 3 is 2.59 bits per heavy atom. The van der Waals surface area contributed by atoms with Crippen molar-refractivity contribution >= 4 is 23.1 Å². The highest BCUT2D eigenvalue weighted by molar-refractivity contribution is 7.98. The molecule has 0 fully saturated rings. The van der Waals surface area contributed by atoms with Crippen molar-refractivity contribution in [3.63, 3.8) is 0 Å². The molecule has 0 saturated carbocycles. The van der Waals surface area contributed by atoms with E-state index in [9.17, 15) is 0 Å². The molecule has 1 aromatic carbocycles. The van der Waals surface area contributed by atoms with E-state index in [0.29, 0.717) is 11.8 Å². The normalized spacial score (nSPS) is 12.6. The first kappa shape index (κ1) is 12.7. The van der Waals surface area contributed by atoms with Crippen LogP contribution in [0, 0.1) is 6.92 Å². The Hall–Kier alpha value is -0.770. The molecule has 0 saturated heterocycles. The van der Waals surface area contributed by atoms with Gasteiger partial charge in [-0.15, -0.1) is 23.1 Å². The van der Waals surface area contributed by atoms with E-state index in [1.54, 1.807) is 0 Å². The van der Waals surface area contributed by atoms with Crippen LogP contribution in [-0.2, 0) is 5.75 Å². The van der Waals surface area contributed by atoms with Gasteiger partial charge in [0.15, 0.2) is 0 Å². The van der Waals surface area contributed by atoms with E-state index in [0.717, 1.165) is 5.75 Å². The Morgan fingerprint density at radius 2 is 2.00 bits per heavy atom. The van der Waals surface area contributed by atoms with Crippen LogP contribution >= 0.6 is 23.1 Å². The van der Waals surface area contributed by atoms with Gasteiger partial charge in [-0.25, -0.2) is 0 Å². The van der Waals surface area contributed by atoms with Crippen LogP contribution in [0.1, 0.15) is 21.3 Å². The Labute approximate surface area is 111 Å². The van der Waals surface area contributed by atoms with Crippen molar-refractivity contribution in [1.29, 1.82) is 0 Å². The first-order valence-electron chi connectivity index (χ1n) is 5.71. The second-order valence-electron chi connectivity index (χ2n) is 3.99. The first-order chi connectivity index (χ1) is 8.31. The van der Waals surface area contributed by atoms with Crippen molar-refractivity contribution in [3.05, 3.63) is 57.8 Å². The zero-order valence-corrected chi connectivity index (χ0v) is 11.6. The van der Waals surface area contributed by atoms with Gasteiger partial charge in [0.05, 0.1) is 5.25 Å². The molecule has 1 atom stereocenters. The van der Waals surface area contributed by atoms with Crippen LogP contribution in [0.4, 0.5) is 0 Å². The summed E-state index contributed by atoms with van der Waals surface area (Å²) in [6, 6.07) is 12.7. The fraction of sp³-hybridized carbons (Fsp3) is 0.286. The minimum Gasteiger partial charge on any atom is -0.329 e. The van der Waals surface area contributed by atoms with E-state index >= 15 is 0 Å². The molecule has 90 valence electrons. The lowest BCUT2D eigenvalue weighted by molar-refractivity contribution is 0.952. The highest BCUT2D eigenvalue weighted by atomic mass is 32.2. The van der Waals surface area contributed by atoms with Crippen molar-refractivity contribution in [1.82, 2.24) is 0 Å². The predicted octanol–water partition coefficient (Wildman–Crippen LogP) is 3.99. The summed E-state index contributed by atoms with van der Waals surface area (Å²) >= 11 is 3.75. The summed E-state index contributed by atoms with van der Waals surface area (Å²) in [6.07, 6.45) is 0. The van der Waals surface area contributed by atoms with Crippen LogP contribution in [0.15, 0.2) is 41.8 Å². The predicted molar refractivity (Wildman–Crippen MR) is 78.6 cm³/mol. The van der Waals surface area contributed by atoms with Gasteiger partial charge in [-0.2, -0.15) is 0 Å². The first-order valence-corrected chi connectivity index (χ1v) is 7.63. The van der Waals surface area contributed by atoms with Gasteiger partial charge in [0.1, 0.15) is 0 Å². The van der Waals surface area contributed by atoms with Crippen molar-refractivity contribution in [3.8, 4) is 0 Å². The number of nitrogens with two attached hydrogens (primary N) is 1. The second-order valence-corrected chi connectivity index (χ2v) is 6.13. The fourth-order valence-corrected chi connectivity index (χ4v) is 4.09. The summed E-state index contributed by atoms with van der Waals surface area (Å²) < 4.78 is 0. The molecule has 0 aliphatic carbocycles. The number of thioether (sulfide) groups is 1. The number of hydrogen-bond acceptors (Lipinski definition) is 3. The minimum absolute atomic E-state index is 0.426. The Kier molecular flexibility index (Phi) is 4.66. The number of rotatable bonds is 5. The smallest absolute Gasteiger partial charge is 0.0519 e. The van der Waals surface area contributed by atoms with Gasteiger partial charge < -0.3 is 5.73 Å². The molecule has 0 bridgehead atoms. The average molecular weight is 263 g/mol. The van der Waals surface area contributed by atoms with Crippen molar-refractivity contribution in [2.45, 2.75) is 17.9 Å². The van der Waals surface area contributed by atoms with E-state index in [-0.39, 0.29) is 0 Å². The number of hydrogen-bond donors (Lipinski definition) is 1. The minimum atomic E-state index is 0.426. The van der Waals surface area contributed by atoms with Crippen molar-refractivity contribution in [2.75, 3.05) is 6.54 Å². The maximum absolute atomic E-state index is 5.88. The molecular weight excluding hydrogens is 246 g/mol. The number of thiophene rings is 1. The standard InChI is InChI=1S/C14H17NS2/c1-11-7-8-16-14(11)13(9-15)17-10-12-5-3-2-4-6-12/h2-8,13H,9-10,15H2,1H3. The van der Waals surface area contributed by atoms with Crippen LogP contribution in [0.25, 0.3) is 0 Å². The van der Waals surface area contributed by atoms with Crippen molar-refractivity contribution in [2.24, 2.45) is 5.73 Å². The second kappa shape index (κ2) is 6.24. The Morgan fingerprint density at radius 1 is 1.24 bits per heavy atom. The molecule has 1 aromatic heterocycles. The van der Waals surface area contributed by atoms with E-state index in [1.165, 1.54) is 16.0 Å². The molecule has 1 nitrogen and oxygen atoms in total. The Bertz CT molecular complexity index is 450. The van der Waals surface area contributed by atoms with Crippen LogP contribution in [-0.4, -0.2) is 6.54 Å². The SMILES string of the molecule is Cc1ccsc1C(CN)SCc1ccccc1. The summed E-state index contributed by atoms with van der Waals surface area (Å²) in [4.78, 5) is 1.42. The molecule has 3 heteroatoms. The summed E-state index contributed by atoms with van der Waals surface area (Å²) in [5, 5.41) is 2.58. The fourth-order valence-electron chi connectivity index (χ4n) is 1.74. The third-order valence-electron chi connectivity index (χ3n) is 2.70. The lowest BCUT2D eigenvalue weighted by Crippen LogP contribution is -2.09. The van der Waals surface area contributed by atoms with Gasteiger partial charge in [0.2, 0.25) is 0 Å². The molecule has 17 heavy (non-hydrogen) atoms. The molecule has 1 unspecified atom stereocenters.